The summed E-state index contributed by atoms with van der Waals surface area (Å²) in [7, 11) is 0. The number of nitrogen functional groups attached to an aromatic ring is 1. The number of hydrogen-bond acceptors (Lipinski definition) is 5. The molecule has 0 unspecified atom stereocenters. The van der Waals surface area contributed by atoms with Crippen LogP contribution in [-0.4, -0.2) is 19.7 Å². The Hall–Kier alpha value is -2.94. The predicted molar refractivity (Wildman–Crippen MR) is 65.8 cm³/mol. The van der Waals surface area contributed by atoms with Crippen LogP contribution in [-0.2, 0) is 0 Å². The second-order valence-corrected chi connectivity index (χ2v) is 3.75. The van der Waals surface area contributed by atoms with Crippen molar-refractivity contribution in [2.75, 3.05) is 5.73 Å². The Kier molecular flexibility index (Phi) is 2.17. The lowest BCUT2D eigenvalue weighted by Gasteiger charge is -2.02. The molecule has 3 rings (SSSR count). The van der Waals surface area contributed by atoms with Crippen molar-refractivity contribution in [2.24, 2.45) is 0 Å². The van der Waals surface area contributed by atoms with Gasteiger partial charge in [0.1, 0.15) is 12.4 Å². The zero-order chi connectivity index (χ0) is 12.5. The van der Waals surface area contributed by atoms with Crippen LogP contribution < -0.4 is 5.73 Å². The molecule has 6 nitrogen and oxygen atoms in total. The molecule has 0 fully saturated rings. The highest BCUT2D eigenvalue weighted by Gasteiger charge is 2.04. The largest absolute Gasteiger partial charge is 0.399 e. The Morgan fingerprint density at radius 3 is 2.89 bits per heavy atom. The normalized spacial score (nSPS) is 10.4. The molecule has 2 N–H and O–H groups in total. The molecule has 0 amide bonds. The predicted octanol–water partition coefficient (Wildman–Crippen LogP) is 1.27. The van der Waals surface area contributed by atoms with Gasteiger partial charge < -0.3 is 5.73 Å². The van der Waals surface area contributed by atoms with E-state index in [0.717, 1.165) is 10.9 Å². The number of nitrogens with two attached hydrogens (primary N) is 1. The Labute approximate surface area is 102 Å². The van der Waals surface area contributed by atoms with Crippen molar-refractivity contribution in [1.82, 2.24) is 19.7 Å². The topological polar surface area (TPSA) is 93.4 Å². The first kappa shape index (κ1) is 10.2. The van der Waals surface area contributed by atoms with Crippen molar-refractivity contribution >= 4 is 16.6 Å². The first-order valence-electron chi connectivity index (χ1n) is 5.25. The summed E-state index contributed by atoms with van der Waals surface area (Å²) >= 11 is 0. The van der Waals surface area contributed by atoms with Gasteiger partial charge in [0, 0.05) is 11.1 Å². The summed E-state index contributed by atoms with van der Waals surface area (Å²) in [6.07, 6.45) is 1.46. The van der Waals surface area contributed by atoms with Crippen molar-refractivity contribution in [2.45, 2.75) is 0 Å². The van der Waals surface area contributed by atoms with E-state index < -0.39 is 0 Å². The molecule has 0 aliphatic heterocycles. The molecule has 0 aliphatic carbocycles. The lowest BCUT2D eigenvalue weighted by molar-refractivity contribution is 0.846. The molecule has 3 aromatic rings. The highest BCUT2D eigenvalue weighted by atomic mass is 15.4. The monoisotopic (exact) mass is 236 g/mol. The van der Waals surface area contributed by atoms with Crippen LogP contribution in [0, 0.1) is 11.3 Å². The van der Waals surface area contributed by atoms with Crippen LogP contribution in [0.5, 0.6) is 0 Å². The van der Waals surface area contributed by atoms with Crippen LogP contribution in [0.25, 0.3) is 16.7 Å². The molecular weight excluding hydrogens is 228 g/mol. The van der Waals surface area contributed by atoms with Gasteiger partial charge in [0.2, 0.25) is 0 Å². The molecule has 1 aromatic carbocycles. The first-order valence-corrected chi connectivity index (χ1v) is 5.25. The van der Waals surface area contributed by atoms with E-state index in [2.05, 4.69) is 15.1 Å². The SMILES string of the molecule is N#Cc1ncn(-c2ccc3cc(N)ccc3n2)n1. The van der Waals surface area contributed by atoms with Crippen LogP contribution >= 0.6 is 0 Å². The molecule has 2 heterocycles. The van der Waals surface area contributed by atoms with Crippen LogP contribution in [0.3, 0.4) is 0 Å². The Bertz CT molecular complexity index is 768. The Balaban J connectivity index is 2.13. The number of pyridine rings is 1. The molecule has 86 valence electrons. The summed E-state index contributed by atoms with van der Waals surface area (Å²) in [5, 5.41) is 13.6. The third-order valence-corrected chi connectivity index (χ3v) is 2.53. The number of nitrogens with zero attached hydrogens (tertiary/aromatic N) is 5. The fraction of sp³-hybridized carbons (Fsp3) is 0. The minimum atomic E-state index is 0.120. The van der Waals surface area contributed by atoms with Crippen LogP contribution in [0.2, 0.25) is 0 Å². The number of benzene rings is 1. The van der Waals surface area contributed by atoms with E-state index in [0.29, 0.717) is 11.5 Å². The lowest BCUT2D eigenvalue weighted by Crippen LogP contribution is -1.98. The van der Waals surface area contributed by atoms with Gasteiger partial charge in [0.05, 0.1) is 5.52 Å². The standard InChI is InChI=1S/C12H8N6/c13-6-11-15-7-18(17-11)12-4-1-8-5-9(14)2-3-10(8)16-12/h1-5,7H,14H2. The molecule has 0 saturated carbocycles. The Morgan fingerprint density at radius 1 is 1.22 bits per heavy atom. The fourth-order valence-electron chi connectivity index (χ4n) is 1.69. The van der Waals surface area contributed by atoms with Gasteiger partial charge in [-0.15, -0.1) is 5.10 Å². The van der Waals surface area contributed by atoms with E-state index in [1.165, 1.54) is 11.0 Å². The zero-order valence-corrected chi connectivity index (χ0v) is 9.28. The van der Waals surface area contributed by atoms with E-state index >= 15 is 0 Å². The molecule has 0 atom stereocenters. The number of fused-ring (bicyclic) bond motifs is 1. The summed E-state index contributed by atoms with van der Waals surface area (Å²) in [4.78, 5) is 8.27. The lowest BCUT2D eigenvalue weighted by atomic mass is 10.2. The van der Waals surface area contributed by atoms with E-state index in [4.69, 9.17) is 11.0 Å². The van der Waals surface area contributed by atoms with Crippen molar-refractivity contribution in [3.8, 4) is 11.9 Å². The maximum absolute atomic E-state index is 8.68. The van der Waals surface area contributed by atoms with Gasteiger partial charge in [-0.1, -0.05) is 0 Å². The summed E-state index contributed by atoms with van der Waals surface area (Å²) in [5.74, 6) is 0.732. The first-order chi connectivity index (χ1) is 8.76. The number of aromatic nitrogens is 4. The average molecular weight is 236 g/mol. The molecule has 0 radical (unpaired) electrons. The fourth-order valence-corrected chi connectivity index (χ4v) is 1.69. The Morgan fingerprint density at radius 2 is 2.11 bits per heavy atom. The van der Waals surface area contributed by atoms with Crippen molar-refractivity contribution in [3.05, 3.63) is 42.5 Å². The number of nitriles is 1. The second kappa shape index (κ2) is 3.82. The van der Waals surface area contributed by atoms with Crippen LogP contribution in [0.4, 0.5) is 5.69 Å². The maximum Gasteiger partial charge on any atom is 0.252 e. The summed E-state index contributed by atoms with van der Waals surface area (Å²) in [6, 6.07) is 11.1. The van der Waals surface area contributed by atoms with Gasteiger partial charge in [0.25, 0.3) is 5.82 Å². The van der Waals surface area contributed by atoms with Gasteiger partial charge in [-0.25, -0.2) is 14.6 Å². The average Bonchev–Trinajstić information content (AvgIpc) is 2.87. The molecule has 18 heavy (non-hydrogen) atoms. The number of rotatable bonds is 1. The van der Waals surface area contributed by atoms with Crippen molar-refractivity contribution in [1.29, 1.82) is 5.26 Å². The number of anilines is 1. The van der Waals surface area contributed by atoms with Crippen molar-refractivity contribution in [3.63, 3.8) is 0 Å². The quantitative estimate of drug-likeness (QED) is 0.642. The maximum atomic E-state index is 8.68. The molecule has 0 saturated heterocycles. The van der Waals surface area contributed by atoms with Crippen LogP contribution in [0.15, 0.2) is 36.7 Å². The van der Waals surface area contributed by atoms with Crippen molar-refractivity contribution < 1.29 is 0 Å². The molecule has 6 heteroatoms. The van der Waals surface area contributed by atoms with Gasteiger partial charge in [-0.05, 0) is 30.3 Å². The van der Waals surface area contributed by atoms with E-state index in [9.17, 15) is 0 Å². The van der Waals surface area contributed by atoms with Crippen LogP contribution in [0.1, 0.15) is 5.82 Å². The summed E-state index contributed by atoms with van der Waals surface area (Å²) < 4.78 is 1.47. The minimum absolute atomic E-state index is 0.120. The van der Waals surface area contributed by atoms with Gasteiger partial charge in [-0.2, -0.15) is 5.26 Å². The van der Waals surface area contributed by atoms with Gasteiger partial charge >= 0.3 is 0 Å². The van der Waals surface area contributed by atoms with E-state index in [1.54, 1.807) is 12.1 Å². The molecular formula is C12H8N6. The zero-order valence-electron chi connectivity index (χ0n) is 9.28. The smallest absolute Gasteiger partial charge is 0.252 e. The third-order valence-electron chi connectivity index (χ3n) is 2.53. The molecule has 0 spiro atoms. The second-order valence-electron chi connectivity index (χ2n) is 3.75. The molecule has 0 bridgehead atoms. The number of hydrogen-bond donors (Lipinski definition) is 1. The highest BCUT2D eigenvalue weighted by molar-refractivity contribution is 5.82. The van der Waals surface area contributed by atoms with Gasteiger partial charge in [0.15, 0.2) is 5.82 Å². The summed E-state index contributed by atoms with van der Waals surface area (Å²) in [6.45, 7) is 0. The third kappa shape index (κ3) is 1.64. The minimum Gasteiger partial charge on any atom is -0.399 e. The molecule has 2 aromatic heterocycles. The highest BCUT2D eigenvalue weighted by Crippen LogP contribution is 2.17. The molecule has 0 aliphatic rings. The van der Waals surface area contributed by atoms with E-state index in [1.807, 2.05) is 24.3 Å². The van der Waals surface area contributed by atoms with Gasteiger partial charge in [-0.3, -0.25) is 0 Å². The van der Waals surface area contributed by atoms with E-state index in [-0.39, 0.29) is 5.82 Å². The summed E-state index contributed by atoms with van der Waals surface area (Å²) in [5.41, 5.74) is 7.22.